The molecule has 0 aromatic rings. The molecule has 8 atom stereocenters. The number of rotatable bonds is 14. The highest BCUT2D eigenvalue weighted by molar-refractivity contribution is 7.44. The van der Waals surface area contributed by atoms with E-state index in [9.17, 15) is 44.1 Å². The van der Waals surface area contributed by atoms with E-state index in [1.807, 2.05) is 0 Å². The minimum Gasteiger partial charge on any atom is -0.394 e. The second-order valence-corrected chi connectivity index (χ2v) is 11.0. The van der Waals surface area contributed by atoms with Gasteiger partial charge in [-0.1, -0.05) is 0 Å². The lowest BCUT2D eigenvalue weighted by Crippen LogP contribution is -2.27. The number of aliphatic hydroxyl groups excluding tert-OH is 6. The summed E-state index contributed by atoms with van der Waals surface area (Å²) in [4.78, 5) is 73.9. The van der Waals surface area contributed by atoms with E-state index in [0.717, 1.165) is 0 Å². The third kappa shape index (κ3) is 11.7. The molecular formula is C21H30O18P2. The lowest BCUT2D eigenvalue weighted by molar-refractivity contribution is -0.150. The third-order valence-electron chi connectivity index (χ3n) is 5.56. The first-order chi connectivity index (χ1) is 19.3. The second-order valence-electron chi connectivity index (χ2n) is 8.99. The predicted octanol–water partition coefficient (Wildman–Crippen LogP) is -2.02. The highest BCUT2D eigenvalue weighted by Gasteiger charge is 2.42. The van der Waals surface area contributed by atoms with Crippen molar-refractivity contribution in [3.63, 3.8) is 0 Å². The molecule has 20 heteroatoms. The summed E-state index contributed by atoms with van der Waals surface area (Å²) < 4.78 is 29.1. The fourth-order valence-electron chi connectivity index (χ4n) is 3.52. The molecule has 0 aromatic carbocycles. The Hall–Kier alpha value is -2.56. The van der Waals surface area contributed by atoms with Crippen molar-refractivity contribution in [3.05, 3.63) is 0 Å². The van der Waals surface area contributed by atoms with E-state index in [4.69, 9.17) is 42.5 Å². The quantitative estimate of drug-likeness (QED) is 0.113. The first-order valence-electron chi connectivity index (χ1n) is 12.1. The summed E-state index contributed by atoms with van der Waals surface area (Å²) in [5.74, 6) is -10.8. The molecule has 0 bridgehead atoms. The van der Waals surface area contributed by atoms with E-state index < -0.39 is 135 Å². The van der Waals surface area contributed by atoms with E-state index >= 15 is 0 Å². The lowest BCUT2D eigenvalue weighted by atomic mass is 9.98. The Bertz CT molecular complexity index is 961. The largest absolute Gasteiger partial charge is 0.537 e. The standard InChI is InChI=1S/C21H30O18P2/c22-7-13(25)1-10-4-16(28)34-40(37-19(10)31)35-17(29)5-11(2-14(26)8-23)20(32)38-41-36-18(30)6-12(21(33)39-41)3-15(27)9-24/h10-15,22-27H,1-9H2. The minimum absolute atomic E-state index is 0.338. The second kappa shape index (κ2) is 16.8. The molecule has 2 aliphatic rings. The van der Waals surface area contributed by atoms with Crippen LogP contribution in [0, 0.1) is 17.8 Å². The van der Waals surface area contributed by atoms with E-state index in [-0.39, 0.29) is 12.8 Å². The van der Waals surface area contributed by atoms with E-state index in [0.29, 0.717) is 0 Å². The summed E-state index contributed by atoms with van der Waals surface area (Å²) in [5.41, 5.74) is 0. The van der Waals surface area contributed by atoms with Crippen LogP contribution in [-0.4, -0.2) is 105 Å². The highest BCUT2D eigenvalue weighted by Crippen LogP contribution is 2.47. The van der Waals surface area contributed by atoms with Gasteiger partial charge in [0.15, 0.2) is 0 Å². The van der Waals surface area contributed by atoms with Crippen LogP contribution in [0.25, 0.3) is 0 Å². The summed E-state index contributed by atoms with van der Waals surface area (Å²) in [6, 6.07) is 0. The average Bonchev–Trinajstić information content (AvgIpc) is 3.11. The molecule has 2 fully saturated rings. The molecule has 232 valence electrons. The zero-order valence-electron chi connectivity index (χ0n) is 21.3. The molecule has 0 spiro atoms. The van der Waals surface area contributed by atoms with Crippen LogP contribution < -0.4 is 0 Å². The van der Waals surface area contributed by atoms with Crippen molar-refractivity contribution in [2.75, 3.05) is 19.8 Å². The molecule has 6 N–H and O–H groups in total. The van der Waals surface area contributed by atoms with Gasteiger partial charge in [-0.2, -0.15) is 0 Å². The maximum atomic E-state index is 12.8. The number of carbonyl (C=O) groups is 6. The number of aliphatic hydroxyl groups is 6. The summed E-state index contributed by atoms with van der Waals surface area (Å²) in [7, 11) is -5.89. The molecule has 2 aliphatic heterocycles. The zero-order valence-corrected chi connectivity index (χ0v) is 23.1. The Morgan fingerprint density at radius 1 is 0.732 bits per heavy atom. The Balaban J connectivity index is 2.04. The summed E-state index contributed by atoms with van der Waals surface area (Å²) in [6.45, 7) is -2.22. The van der Waals surface area contributed by atoms with Gasteiger partial charge in [0.05, 0.1) is 75.1 Å². The minimum atomic E-state index is -2.97. The highest BCUT2D eigenvalue weighted by atomic mass is 31.2. The molecule has 0 aliphatic carbocycles. The van der Waals surface area contributed by atoms with Crippen LogP contribution in [0.3, 0.4) is 0 Å². The summed E-state index contributed by atoms with van der Waals surface area (Å²) >= 11 is 0. The molecular weight excluding hydrogens is 602 g/mol. The van der Waals surface area contributed by atoms with Gasteiger partial charge in [-0.15, -0.1) is 0 Å². The van der Waals surface area contributed by atoms with Crippen molar-refractivity contribution >= 4 is 53.0 Å². The maximum Gasteiger partial charge on any atom is 0.537 e. The van der Waals surface area contributed by atoms with Crippen LogP contribution in [0.15, 0.2) is 0 Å². The van der Waals surface area contributed by atoms with Crippen molar-refractivity contribution in [2.24, 2.45) is 17.8 Å². The van der Waals surface area contributed by atoms with Gasteiger partial charge in [0.2, 0.25) is 0 Å². The summed E-state index contributed by atoms with van der Waals surface area (Å²) in [6.07, 6.45) is -7.48. The molecule has 2 heterocycles. The number of hydrogen-bond acceptors (Lipinski definition) is 18. The van der Waals surface area contributed by atoms with E-state index in [2.05, 4.69) is 0 Å². The van der Waals surface area contributed by atoms with Gasteiger partial charge >= 0.3 is 53.0 Å². The zero-order chi connectivity index (χ0) is 30.7. The molecule has 2 rings (SSSR count). The maximum absolute atomic E-state index is 12.8. The van der Waals surface area contributed by atoms with Crippen LogP contribution >= 0.6 is 17.2 Å². The van der Waals surface area contributed by atoms with Crippen molar-refractivity contribution in [1.82, 2.24) is 0 Å². The van der Waals surface area contributed by atoms with Gasteiger partial charge < -0.3 is 57.8 Å². The van der Waals surface area contributed by atoms with E-state index in [1.165, 1.54) is 0 Å². The average molecular weight is 632 g/mol. The molecule has 18 nitrogen and oxygen atoms in total. The van der Waals surface area contributed by atoms with Crippen LogP contribution in [0.5, 0.6) is 0 Å². The molecule has 0 amide bonds. The van der Waals surface area contributed by atoms with Crippen molar-refractivity contribution in [2.45, 2.75) is 56.8 Å². The molecule has 0 aromatic heterocycles. The number of hydrogen-bond donors (Lipinski definition) is 6. The Kier molecular flexibility index (Phi) is 14.2. The Morgan fingerprint density at radius 2 is 1.17 bits per heavy atom. The smallest absolute Gasteiger partial charge is 0.394 e. The van der Waals surface area contributed by atoms with Crippen molar-refractivity contribution in [3.8, 4) is 0 Å². The van der Waals surface area contributed by atoms with E-state index in [1.54, 1.807) is 0 Å². The van der Waals surface area contributed by atoms with Gasteiger partial charge in [-0.3, -0.25) is 28.8 Å². The van der Waals surface area contributed by atoms with Crippen LogP contribution in [-0.2, 0) is 55.9 Å². The first kappa shape index (κ1) is 34.6. The molecule has 0 saturated carbocycles. The van der Waals surface area contributed by atoms with Gasteiger partial charge in [0.1, 0.15) is 0 Å². The van der Waals surface area contributed by atoms with Gasteiger partial charge in [-0.05, 0) is 19.3 Å². The summed E-state index contributed by atoms with van der Waals surface area (Å²) in [5, 5.41) is 56.0. The monoisotopic (exact) mass is 632 g/mol. The van der Waals surface area contributed by atoms with Crippen molar-refractivity contribution in [1.29, 1.82) is 0 Å². The number of carbonyl (C=O) groups excluding carboxylic acids is 6. The fraction of sp³-hybridized carbons (Fsp3) is 0.714. The molecule has 2 saturated heterocycles. The van der Waals surface area contributed by atoms with Gasteiger partial charge in [-0.25, -0.2) is 0 Å². The molecule has 0 radical (unpaired) electrons. The van der Waals surface area contributed by atoms with Gasteiger partial charge in [0.25, 0.3) is 0 Å². The fourth-order valence-corrected chi connectivity index (χ4v) is 5.35. The Labute approximate surface area is 234 Å². The van der Waals surface area contributed by atoms with Crippen LogP contribution in [0.1, 0.15) is 38.5 Å². The SMILES string of the molecule is O=C1CC(CC(O)CO)C(=O)OP(OC(=O)CC(CC(O)CO)C(=O)OP2OC(=O)CC(CC(O)CO)C(=O)O2)O1. The normalized spacial score (nSPS) is 26.1. The Morgan fingerprint density at radius 3 is 1.61 bits per heavy atom. The molecule has 8 unspecified atom stereocenters. The first-order valence-corrected chi connectivity index (χ1v) is 14.3. The molecule has 41 heavy (non-hydrogen) atoms. The third-order valence-corrected chi connectivity index (χ3v) is 7.61. The topological polar surface area (TPSA) is 279 Å². The predicted molar refractivity (Wildman–Crippen MR) is 128 cm³/mol. The van der Waals surface area contributed by atoms with Crippen LogP contribution in [0.2, 0.25) is 0 Å². The lowest BCUT2D eigenvalue weighted by Gasteiger charge is -2.20. The van der Waals surface area contributed by atoms with Gasteiger partial charge in [0, 0.05) is 0 Å². The van der Waals surface area contributed by atoms with Crippen LogP contribution in [0.4, 0.5) is 0 Å². The van der Waals surface area contributed by atoms with Crippen molar-refractivity contribution < 1.29 is 86.5 Å².